The van der Waals surface area contributed by atoms with E-state index in [1.54, 1.807) is 13.2 Å². The molecule has 0 aromatic carbocycles. The molecule has 0 bridgehead atoms. The summed E-state index contributed by atoms with van der Waals surface area (Å²) in [7, 11) is 1.56. The van der Waals surface area contributed by atoms with E-state index in [0.29, 0.717) is 17.7 Å². The third-order valence-electron chi connectivity index (χ3n) is 3.69. The van der Waals surface area contributed by atoms with Gasteiger partial charge in [-0.2, -0.15) is 0 Å². The molecule has 0 saturated heterocycles. The summed E-state index contributed by atoms with van der Waals surface area (Å²) in [5.74, 6) is -1.10. The van der Waals surface area contributed by atoms with Gasteiger partial charge < -0.3 is 16.2 Å². The van der Waals surface area contributed by atoms with E-state index >= 15 is 0 Å². The number of carbonyl (C=O) groups excluding carboxylic acids is 2. The minimum Gasteiger partial charge on any atom is -0.382 e. The molecule has 1 unspecified atom stereocenters. The minimum atomic E-state index is -1.08. The molecule has 0 saturated carbocycles. The van der Waals surface area contributed by atoms with E-state index in [2.05, 4.69) is 9.98 Å². The van der Waals surface area contributed by atoms with Crippen LogP contribution in [-0.4, -0.2) is 41.8 Å². The van der Waals surface area contributed by atoms with Crippen molar-refractivity contribution in [1.82, 2.24) is 4.98 Å². The van der Waals surface area contributed by atoms with Crippen LogP contribution < -0.4 is 11.5 Å². The third-order valence-corrected chi connectivity index (χ3v) is 3.69. The normalized spacial score (nSPS) is 21.6. The molecule has 1 aromatic rings. The largest absolute Gasteiger partial charge is 0.382 e. The molecule has 7 heteroatoms. The minimum absolute atomic E-state index is 0.177. The molecule has 0 fully saturated rings. The molecule has 2 atom stereocenters. The van der Waals surface area contributed by atoms with Gasteiger partial charge in [-0.05, 0) is 18.6 Å². The van der Waals surface area contributed by atoms with Crippen LogP contribution >= 0.6 is 0 Å². The molecule has 1 aromatic heterocycles. The number of hydrogen-bond donors (Lipinski definition) is 2. The lowest BCUT2D eigenvalue weighted by Gasteiger charge is -2.31. The van der Waals surface area contributed by atoms with Crippen LogP contribution in [0.1, 0.15) is 35.0 Å². The van der Waals surface area contributed by atoms with Crippen LogP contribution in [0.25, 0.3) is 0 Å². The number of fused-ring (bicyclic) bond motifs is 1. The van der Waals surface area contributed by atoms with Crippen LogP contribution in [0.3, 0.4) is 0 Å². The number of methoxy groups -OCH3 is 1. The topological polar surface area (TPSA) is 121 Å². The fraction of sp³-hybridized carbons (Fsp3) is 0.429. The molecule has 0 radical (unpaired) electrons. The molecule has 2 heterocycles. The molecular weight excluding hydrogens is 272 g/mol. The summed E-state index contributed by atoms with van der Waals surface area (Å²) >= 11 is 0. The number of primary amides is 2. The zero-order valence-corrected chi connectivity index (χ0v) is 12.0. The average Bonchev–Trinajstić information content (AvgIpc) is 2.46. The first-order chi connectivity index (χ1) is 9.88. The number of hydrogen-bond acceptors (Lipinski definition) is 5. The number of aliphatic imine (C=N–C) groups is 1. The van der Waals surface area contributed by atoms with E-state index in [1.807, 2.05) is 6.92 Å². The van der Waals surface area contributed by atoms with Gasteiger partial charge in [-0.1, -0.05) is 0 Å². The molecule has 0 aliphatic carbocycles. The highest BCUT2D eigenvalue weighted by atomic mass is 16.5. The van der Waals surface area contributed by atoms with Crippen LogP contribution in [0.5, 0.6) is 0 Å². The number of pyridine rings is 1. The second-order valence-electron chi connectivity index (χ2n) is 5.21. The number of nitrogens with two attached hydrogens (primary N) is 2. The van der Waals surface area contributed by atoms with Crippen molar-refractivity contribution < 1.29 is 14.3 Å². The first-order valence-corrected chi connectivity index (χ1v) is 6.54. The first-order valence-electron chi connectivity index (χ1n) is 6.54. The van der Waals surface area contributed by atoms with Crippen molar-refractivity contribution in [2.75, 3.05) is 7.11 Å². The van der Waals surface area contributed by atoms with E-state index in [0.717, 1.165) is 5.56 Å². The molecule has 0 spiro atoms. The van der Waals surface area contributed by atoms with Crippen molar-refractivity contribution in [2.45, 2.75) is 31.4 Å². The fourth-order valence-electron chi connectivity index (χ4n) is 2.39. The molecule has 21 heavy (non-hydrogen) atoms. The molecule has 2 rings (SSSR count). The van der Waals surface area contributed by atoms with E-state index in [-0.39, 0.29) is 12.5 Å². The van der Waals surface area contributed by atoms with Gasteiger partial charge in [0.2, 0.25) is 11.8 Å². The Labute approximate surface area is 122 Å². The van der Waals surface area contributed by atoms with E-state index in [9.17, 15) is 9.59 Å². The number of aromatic nitrogens is 1. The number of nitrogens with zero attached hydrogens (tertiary/aromatic N) is 2. The van der Waals surface area contributed by atoms with Gasteiger partial charge in [0.25, 0.3) is 0 Å². The summed E-state index contributed by atoms with van der Waals surface area (Å²) in [5, 5.41) is 0. The number of carbonyl (C=O) groups is 2. The number of amides is 2. The van der Waals surface area contributed by atoms with Crippen molar-refractivity contribution in [3.63, 3.8) is 0 Å². The average molecular weight is 290 g/mol. The quantitative estimate of drug-likeness (QED) is 0.780. The van der Waals surface area contributed by atoms with E-state index < -0.39 is 17.4 Å². The number of ether oxygens (including phenoxy) is 1. The van der Waals surface area contributed by atoms with E-state index in [4.69, 9.17) is 16.2 Å². The van der Waals surface area contributed by atoms with Crippen LogP contribution in [-0.2, 0) is 16.0 Å². The van der Waals surface area contributed by atoms with Gasteiger partial charge in [-0.3, -0.25) is 19.6 Å². The van der Waals surface area contributed by atoms with Crippen molar-refractivity contribution in [2.24, 2.45) is 16.5 Å². The molecule has 112 valence electrons. The van der Waals surface area contributed by atoms with Gasteiger partial charge in [-0.25, -0.2) is 0 Å². The SMILES string of the molecule is CO[C@H](C)CC1(C(N)=O)Cc2cc(C(N)=O)cnc2C=N1. The summed E-state index contributed by atoms with van der Waals surface area (Å²) in [6.07, 6.45) is 3.35. The van der Waals surface area contributed by atoms with Crippen molar-refractivity contribution >= 4 is 18.0 Å². The smallest absolute Gasteiger partial charge is 0.250 e. The molecule has 7 nitrogen and oxygen atoms in total. The monoisotopic (exact) mass is 290 g/mol. The Bertz CT molecular complexity index is 614. The Morgan fingerprint density at radius 1 is 1.48 bits per heavy atom. The van der Waals surface area contributed by atoms with Gasteiger partial charge in [0.05, 0.1) is 17.4 Å². The van der Waals surface area contributed by atoms with Gasteiger partial charge in [-0.15, -0.1) is 0 Å². The fourth-order valence-corrected chi connectivity index (χ4v) is 2.39. The van der Waals surface area contributed by atoms with Crippen molar-refractivity contribution in [3.8, 4) is 0 Å². The lowest BCUT2D eigenvalue weighted by Crippen LogP contribution is -2.48. The maximum absolute atomic E-state index is 11.9. The predicted molar refractivity (Wildman–Crippen MR) is 77.1 cm³/mol. The zero-order chi connectivity index (χ0) is 15.6. The second-order valence-corrected chi connectivity index (χ2v) is 5.21. The maximum Gasteiger partial charge on any atom is 0.250 e. The Morgan fingerprint density at radius 2 is 2.19 bits per heavy atom. The third kappa shape index (κ3) is 2.92. The van der Waals surface area contributed by atoms with Crippen LogP contribution in [0.2, 0.25) is 0 Å². The molecule has 2 amide bonds. The van der Waals surface area contributed by atoms with Crippen LogP contribution in [0, 0.1) is 0 Å². The first kappa shape index (κ1) is 15.1. The van der Waals surface area contributed by atoms with Gasteiger partial charge in [0.1, 0.15) is 5.54 Å². The van der Waals surface area contributed by atoms with Gasteiger partial charge in [0, 0.05) is 32.4 Å². The highest BCUT2D eigenvalue weighted by molar-refractivity contribution is 5.95. The standard InChI is InChI=1S/C14H18N4O3/c1-8(21-2)4-14(13(16)20)5-9-3-10(12(15)19)6-17-11(9)7-18-14/h3,6-8H,4-5H2,1-2H3,(H2,15,19)(H2,16,20)/t8-,14?/m1/s1. The van der Waals surface area contributed by atoms with Gasteiger partial charge in [0.15, 0.2) is 0 Å². The van der Waals surface area contributed by atoms with E-state index in [1.165, 1.54) is 12.4 Å². The van der Waals surface area contributed by atoms with Crippen molar-refractivity contribution in [3.05, 3.63) is 29.1 Å². The Balaban J connectivity index is 2.40. The summed E-state index contributed by atoms with van der Waals surface area (Å²) in [6.45, 7) is 1.84. The maximum atomic E-state index is 11.9. The van der Waals surface area contributed by atoms with Crippen LogP contribution in [0.4, 0.5) is 0 Å². The molecule has 4 N–H and O–H groups in total. The second kappa shape index (κ2) is 5.61. The Morgan fingerprint density at radius 3 is 2.76 bits per heavy atom. The highest BCUT2D eigenvalue weighted by Gasteiger charge is 2.40. The lowest BCUT2D eigenvalue weighted by atomic mass is 9.83. The summed E-state index contributed by atoms with van der Waals surface area (Å²) in [5.41, 5.74) is 11.3. The Hall–Kier alpha value is -2.28. The Kier molecular flexibility index (Phi) is 4.04. The van der Waals surface area contributed by atoms with Gasteiger partial charge >= 0.3 is 0 Å². The molecule has 1 aliphatic rings. The molecule has 1 aliphatic heterocycles. The lowest BCUT2D eigenvalue weighted by molar-refractivity contribution is -0.124. The van der Waals surface area contributed by atoms with Crippen molar-refractivity contribution in [1.29, 1.82) is 0 Å². The van der Waals surface area contributed by atoms with Crippen LogP contribution in [0.15, 0.2) is 17.3 Å². The predicted octanol–water partition coefficient (Wildman–Crippen LogP) is -0.195. The summed E-state index contributed by atoms with van der Waals surface area (Å²) in [4.78, 5) is 31.6. The summed E-state index contributed by atoms with van der Waals surface area (Å²) < 4.78 is 5.21. The molecular formula is C14H18N4O3. The highest BCUT2D eigenvalue weighted by Crippen LogP contribution is 2.29. The zero-order valence-electron chi connectivity index (χ0n) is 12.0. The number of rotatable bonds is 5. The summed E-state index contributed by atoms with van der Waals surface area (Å²) in [6, 6.07) is 1.63.